The summed E-state index contributed by atoms with van der Waals surface area (Å²) in [6.45, 7) is 3.06. The van der Waals surface area contributed by atoms with Gasteiger partial charge in [0.05, 0.1) is 25.3 Å². The molecule has 0 radical (unpaired) electrons. The van der Waals surface area contributed by atoms with Crippen LogP contribution in [-0.4, -0.2) is 42.1 Å². The van der Waals surface area contributed by atoms with Crippen LogP contribution in [0.2, 0.25) is 4.47 Å². The number of anilines is 1. The topological polar surface area (TPSA) is 54.5 Å². The van der Waals surface area contributed by atoms with Crippen LogP contribution >= 0.6 is 22.9 Å². The van der Waals surface area contributed by atoms with Crippen LogP contribution in [0.1, 0.15) is 15.2 Å². The number of carbonyl (C=O) groups is 1. The van der Waals surface area contributed by atoms with Gasteiger partial charge in [0.2, 0.25) is 0 Å². The Labute approximate surface area is 137 Å². The first-order chi connectivity index (χ1) is 10.7. The van der Waals surface area contributed by atoms with Crippen molar-refractivity contribution in [1.82, 2.24) is 9.88 Å². The van der Waals surface area contributed by atoms with Gasteiger partial charge in [-0.2, -0.15) is 0 Å². The standard InChI is InChI=1S/C15H16ClN3O2S/c16-15-18-10-11(22-15)9-17-13-4-2-1-3-12(13)14(20)19-5-7-21-8-6-19/h1-4,10,17H,5-9H2. The molecule has 0 spiro atoms. The van der Waals surface area contributed by atoms with Crippen LogP contribution in [0.3, 0.4) is 0 Å². The van der Waals surface area contributed by atoms with E-state index in [0.717, 1.165) is 10.6 Å². The normalized spacial score (nSPS) is 14.9. The summed E-state index contributed by atoms with van der Waals surface area (Å²) in [4.78, 5) is 19.5. The molecule has 1 aromatic carbocycles. The number of rotatable bonds is 4. The van der Waals surface area contributed by atoms with Gasteiger partial charge in [-0.15, -0.1) is 11.3 Å². The highest BCUT2D eigenvalue weighted by Gasteiger charge is 2.20. The van der Waals surface area contributed by atoms with E-state index in [4.69, 9.17) is 16.3 Å². The van der Waals surface area contributed by atoms with Gasteiger partial charge in [-0.05, 0) is 12.1 Å². The van der Waals surface area contributed by atoms with Gasteiger partial charge in [0, 0.05) is 29.9 Å². The number of halogens is 1. The Morgan fingerprint density at radius 1 is 1.36 bits per heavy atom. The summed E-state index contributed by atoms with van der Waals surface area (Å²) in [5.74, 6) is 0.0359. The Hall–Kier alpha value is -1.63. The van der Waals surface area contributed by atoms with Crippen molar-refractivity contribution < 1.29 is 9.53 Å². The van der Waals surface area contributed by atoms with Crippen LogP contribution < -0.4 is 5.32 Å². The minimum Gasteiger partial charge on any atom is -0.379 e. The maximum Gasteiger partial charge on any atom is 0.256 e. The number of para-hydroxylation sites is 1. The van der Waals surface area contributed by atoms with Gasteiger partial charge in [-0.25, -0.2) is 4.98 Å². The number of thiazole rings is 1. The lowest BCUT2D eigenvalue weighted by atomic mass is 10.1. The van der Waals surface area contributed by atoms with E-state index in [9.17, 15) is 4.79 Å². The molecule has 2 aromatic rings. The average molecular weight is 338 g/mol. The van der Waals surface area contributed by atoms with Crippen molar-refractivity contribution in [1.29, 1.82) is 0 Å². The van der Waals surface area contributed by atoms with E-state index in [1.807, 2.05) is 29.2 Å². The second kappa shape index (κ2) is 7.09. The number of carbonyl (C=O) groups excluding carboxylic acids is 1. The fourth-order valence-corrected chi connectivity index (χ4v) is 3.23. The fraction of sp³-hybridized carbons (Fsp3) is 0.333. The van der Waals surface area contributed by atoms with E-state index in [1.165, 1.54) is 11.3 Å². The second-order valence-electron chi connectivity index (χ2n) is 4.88. The molecule has 1 amide bonds. The minimum atomic E-state index is 0.0359. The van der Waals surface area contributed by atoms with E-state index in [0.29, 0.717) is 42.9 Å². The Kier molecular flexibility index (Phi) is 4.92. The van der Waals surface area contributed by atoms with Crippen LogP contribution in [0.25, 0.3) is 0 Å². The Morgan fingerprint density at radius 3 is 2.86 bits per heavy atom. The molecule has 1 N–H and O–H groups in total. The number of benzene rings is 1. The highest BCUT2D eigenvalue weighted by molar-refractivity contribution is 7.15. The molecular weight excluding hydrogens is 322 g/mol. The van der Waals surface area contributed by atoms with Crippen molar-refractivity contribution in [2.75, 3.05) is 31.6 Å². The van der Waals surface area contributed by atoms with E-state index < -0.39 is 0 Å². The van der Waals surface area contributed by atoms with Gasteiger partial charge < -0.3 is 15.0 Å². The summed E-state index contributed by atoms with van der Waals surface area (Å²) in [5, 5.41) is 3.30. The molecule has 1 aromatic heterocycles. The highest BCUT2D eigenvalue weighted by Crippen LogP contribution is 2.22. The SMILES string of the molecule is O=C(c1ccccc1NCc1cnc(Cl)s1)N1CCOCC1. The molecule has 22 heavy (non-hydrogen) atoms. The maximum atomic E-state index is 12.6. The van der Waals surface area contributed by atoms with Crippen molar-refractivity contribution in [3.63, 3.8) is 0 Å². The van der Waals surface area contributed by atoms with Crippen LogP contribution in [0.5, 0.6) is 0 Å². The Morgan fingerprint density at radius 2 is 2.14 bits per heavy atom. The zero-order chi connectivity index (χ0) is 15.4. The maximum absolute atomic E-state index is 12.6. The van der Waals surface area contributed by atoms with Gasteiger partial charge in [0.15, 0.2) is 4.47 Å². The minimum absolute atomic E-state index is 0.0359. The number of morpholine rings is 1. The summed E-state index contributed by atoms with van der Waals surface area (Å²) < 4.78 is 5.82. The molecule has 0 bridgehead atoms. The van der Waals surface area contributed by atoms with E-state index in [1.54, 1.807) is 6.20 Å². The quantitative estimate of drug-likeness (QED) is 0.932. The smallest absolute Gasteiger partial charge is 0.256 e. The second-order valence-corrected chi connectivity index (χ2v) is 6.58. The van der Waals surface area contributed by atoms with Gasteiger partial charge in [0.1, 0.15) is 0 Å². The van der Waals surface area contributed by atoms with Crippen LogP contribution in [0.15, 0.2) is 30.5 Å². The molecule has 3 rings (SSSR count). The molecule has 2 heterocycles. The van der Waals surface area contributed by atoms with Crippen LogP contribution in [0, 0.1) is 0 Å². The molecule has 0 unspecified atom stereocenters. The summed E-state index contributed by atoms with van der Waals surface area (Å²) in [6, 6.07) is 7.55. The van der Waals surface area contributed by atoms with Gasteiger partial charge in [0.25, 0.3) is 5.91 Å². The average Bonchev–Trinajstić information content (AvgIpc) is 2.99. The summed E-state index contributed by atoms with van der Waals surface area (Å²) >= 11 is 7.26. The van der Waals surface area contributed by atoms with Crippen molar-refractivity contribution in [3.05, 3.63) is 45.4 Å². The summed E-state index contributed by atoms with van der Waals surface area (Å²) in [6.07, 6.45) is 1.74. The van der Waals surface area contributed by atoms with Gasteiger partial charge in [-0.1, -0.05) is 23.7 Å². The molecule has 5 nitrogen and oxygen atoms in total. The van der Waals surface area contributed by atoms with Gasteiger partial charge in [-0.3, -0.25) is 4.79 Å². The number of hydrogen-bond donors (Lipinski definition) is 1. The van der Waals surface area contributed by atoms with Crippen molar-refractivity contribution in [2.45, 2.75) is 6.54 Å². The molecule has 1 aliphatic rings. The molecular formula is C15H16ClN3O2S. The largest absolute Gasteiger partial charge is 0.379 e. The number of ether oxygens (including phenoxy) is 1. The molecule has 1 saturated heterocycles. The third-order valence-electron chi connectivity index (χ3n) is 3.43. The third kappa shape index (κ3) is 3.58. The number of nitrogens with one attached hydrogen (secondary N) is 1. The van der Waals surface area contributed by atoms with Crippen molar-refractivity contribution >= 4 is 34.5 Å². The first-order valence-corrected chi connectivity index (χ1v) is 8.23. The van der Waals surface area contributed by atoms with Crippen LogP contribution in [0.4, 0.5) is 5.69 Å². The number of nitrogens with zero attached hydrogens (tertiary/aromatic N) is 2. The Balaban J connectivity index is 1.72. The monoisotopic (exact) mass is 337 g/mol. The van der Waals surface area contributed by atoms with E-state index >= 15 is 0 Å². The first-order valence-electron chi connectivity index (χ1n) is 7.04. The fourth-order valence-electron chi connectivity index (χ4n) is 2.31. The first kappa shape index (κ1) is 15.3. The number of amides is 1. The van der Waals surface area contributed by atoms with Gasteiger partial charge >= 0.3 is 0 Å². The zero-order valence-corrected chi connectivity index (χ0v) is 13.5. The highest BCUT2D eigenvalue weighted by atomic mass is 35.5. The number of hydrogen-bond acceptors (Lipinski definition) is 5. The third-order valence-corrected chi connectivity index (χ3v) is 4.55. The molecule has 7 heteroatoms. The van der Waals surface area contributed by atoms with Crippen LogP contribution in [-0.2, 0) is 11.3 Å². The van der Waals surface area contributed by atoms with Crippen molar-refractivity contribution in [3.8, 4) is 0 Å². The predicted molar refractivity (Wildman–Crippen MR) is 87.6 cm³/mol. The number of aromatic nitrogens is 1. The molecule has 0 aliphatic carbocycles. The molecule has 116 valence electrons. The molecule has 1 fully saturated rings. The van der Waals surface area contributed by atoms with Crippen molar-refractivity contribution in [2.24, 2.45) is 0 Å². The zero-order valence-electron chi connectivity index (χ0n) is 11.9. The predicted octanol–water partition coefficient (Wildman–Crippen LogP) is 2.88. The molecule has 0 atom stereocenters. The summed E-state index contributed by atoms with van der Waals surface area (Å²) in [5.41, 5.74) is 1.50. The molecule has 1 aliphatic heterocycles. The lowest BCUT2D eigenvalue weighted by Gasteiger charge is -2.27. The summed E-state index contributed by atoms with van der Waals surface area (Å²) in [7, 11) is 0. The van der Waals surface area contributed by atoms with E-state index in [-0.39, 0.29) is 5.91 Å². The lowest BCUT2D eigenvalue weighted by Crippen LogP contribution is -2.40. The van der Waals surface area contributed by atoms with E-state index in [2.05, 4.69) is 10.3 Å². The molecule has 0 saturated carbocycles. The lowest BCUT2D eigenvalue weighted by molar-refractivity contribution is 0.0303. The Bertz CT molecular complexity index is 656.